The summed E-state index contributed by atoms with van der Waals surface area (Å²) in [6.07, 6.45) is 1.88. The number of rotatable bonds is 15. The highest BCUT2D eigenvalue weighted by atomic mass is 17.1. The minimum atomic E-state index is -0.813. The first-order valence-corrected chi connectivity index (χ1v) is 14.5. The van der Waals surface area contributed by atoms with E-state index in [1.54, 1.807) is 29.2 Å². The van der Waals surface area contributed by atoms with Gasteiger partial charge in [-0.05, 0) is 45.4 Å². The van der Waals surface area contributed by atoms with Crippen molar-refractivity contribution in [3.63, 3.8) is 0 Å². The zero-order valence-corrected chi connectivity index (χ0v) is 25.1. The number of nitrogens with zero attached hydrogens (tertiary/aromatic N) is 5. The number of aromatic nitrogens is 4. The summed E-state index contributed by atoms with van der Waals surface area (Å²) in [6, 6.07) is 21.9. The van der Waals surface area contributed by atoms with E-state index >= 15 is 0 Å². The Hall–Kier alpha value is -4.49. The Labute approximate surface area is 256 Å². The van der Waals surface area contributed by atoms with Gasteiger partial charge in [0.1, 0.15) is 12.6 Å². The number of benzene rings is 3. The topological polar surface area (TPSA) is 154 Å². The Morgan fingerprint density at radius 1 is 0.909 bits per heavy atom. The SMILES string of the molecule is CCCCC(=O)N(Cc1ccc(-c2ccccc2-c2nn[nH]n2)cc1)[C@H](C(=O)OCc1ccccc1CON(O)O)C(C)C. The highest BCUT2D eigenvalue weighted by Gasteiger charge is 2.33. The zero-order valence-electron chi connectivity index (χ0n) is 25.1. The van der Waals surface area contributed by atoms with Gasteiger partial charge in [-0.1, -0.05) is 100.0 Å². The normalized spacial score (nSPS) is 12.0. The third-order valence-corrected chi connectivity index (χ3v) is 7.23. The summed E-state index contributed by atoms with van der Waals surface area (Å²) in [6.45, 7) is 5.84. The van der Waals surface area contributed by atoms with Gasteiger partial charge in [0, 0.05) is 18.5 Å². The van der Waals surface area contributed by atoms with Crippen LogP contribution in [0.3, 0.4) is 0 Å². The van der Waals surface area contributed by atoms with Gasteiger partial charge in [0.25, 0.3) is 0 Å². The van der Waals surface area contributed by atoms with Crippen LogP contribution < -0.4 is 0 Å². The Morgan fingerprint density at radius 2 is 1.57 bits per heavy atom. The van der Waals surface area contributed by atoms with Crippen molar-refractivity contribution in [2.45, 2.75) is 65.8 Å². The number of tetrazole rings is 1. The van der Waals surface area contributed by atoms with E-state index in [4.69, 9.17) is 20.0 Å². The van der Waals surface area contributed by atoms with Crippen molar-refractivity contribution in [3.05, 3.63) is 89.5 Å². The number of carbonyl (C=O) groups is 2. The summed E-state index contributed by atoms with van der Waals surface area (Å²) in [5, 5.41) is 31.9. The van der Waals surface area contributed by atoms with Crippen molar-refractivity contribution < 1.29 is 29.6 Å². The Morgan fingerprint density at radius 3 is 2.18 bits per heavy atom. The predicted molar refractivity (Wildman–Crippen MR) is 160 cm³/mol. The number of hydrogen-bond donors (Lipinski definition) is 3. The van der Waals surface area contributed by atoms with Crippen LogP contribution in [-0.4, -0.2) is 59.2 Å². The van der Waals surface area contributed by atoms with E-state index in [9.17, 15) is 9.59 Å². The van der Waals surface area contributed by atoms with Crippen LogP contribution in [-0.2, 0) is 38.9 Å². The van der Waals surface area contributed by atoms with Crippen molar-refractivity contribution in [3.8, 4) is 22.5 Å². The number of aromatic amines is 1. The molecule has 1 atom stereocenters. The average molecular weight is 603 g/mol. The van der Waals surface area contributed by atoms with Crippen molar-refractivity contribution in [2.75, 3.05) is 0 Å². The number of ether oxygens (including phenoxy) is 1. The van der Waals surface area contributed by atoms with Crippen LogP contribution in [0.4, 0.5) is 0 Å². The molecule has 0 aliphatic carbocycles. The number of carbonyl (C=O) groups excluding carboxylic acids is 2. The quantitative estimate of drug-likeness (QED) is 0.120. The molecule has 1 heterocycles. The molecule has 0 saturated carbocycles. The minimum Gasteiger partial charge on any atom is -0.459 e. The number of H-pyrrole nitrogens is 1. The fourth-order valence-electron chi connectivity index (χ4n) is 4.97. The predicted octanol–water partition coefficient (Wildman–Crippen LogP) is 5.33. The summed E-state index contributed by atoms with van der Waals surface area (Å²) in [5.74, 6) is -0.356. The molecule has 3 aromatic carbocycles. The van der Waals surface area contributed by atoms with Crippen LogP contribution >= 0.6 is 0 Å². The lowest BCUT2D eigenvalue weighted by Crippen LogP contribution is -2.48. The molecule has 3 N–H and O–H groups in total. The van der Waals surface area contributed by atoms with E-state index in [1.807, 2.05) is 69.3 Å². The van der Waals surface area contributed by atoms with Gasteiger partial charge in [-0.2, -0.15) is 5.21 Å². The van der Waals surface area contributed by atoms with Crippen LogP contribution in [0.2, 0.25) is 0 Å². The molecule has 44 heavy (non-hydrogen) atoms. The molecule has 0 aliphatic heterocycles. The summed E-state index contributed by atoms with van der Waals surface area (Å²) < 4.78 is 5.75. The van der Waals surface area contributed by atoms with Crippen LogP contribution in [0, 0.1) is 5.92 Å². The second-order valence-corrected chi connectivity index (χ2v) is 10.7. The lowest BCUT2D eigenvalue weighted by atomic mass is 9.97. The van der Waals surface area contributed by atoms with E-state index in [-0.39, 0.29) is 37.0 Å². The van der Waals surface area contributed by atoms with Crippen LogP contribution in [0.5, 0.6) is 0 Å². The first-order valence-electron chi connectivity index (χ1n) is 14.5. The Balaban J connectivity index is 1.54. The number of unbranched alkanes of at least 4 members (excludes halogenated alkanes) is 1. The van der Waals surface area contributed by atoms with Crippen molar-refractivity contribution >= 4 is 11.9 Å². The van der Waals surface area contributed by atoms with E-state index in [0.29, 0.717) is 29.8 Å². The van der Waals surface area contributed by atoms with Crippen molar-refractivity contribution in [1.82, 2.24) is 30.9 Å². The standard InChI is InChI=1S/C32H38N6O6/c1-4-5-14-29(39)37(30(22(2)3)32(40)43-20-25-10-6-7-11-26(25)21-44-38(41)42)19-23-15-17-24(18-16-23)27-12-8-9-13-28(27)31-33-35-36-34-31/h6-13,15-18,22,30,41-42H,4-5,14,19-21H2,1-3H3,(H,33,34,35,36)/t30-/m0/s1. The van der Waals surface area contributed by atoms with Gasteiger partial charge in [-0.15, -0.1) is 10.2 Å². The summed E-state index contributed by atoms with van der Waals surface area (Å²) in [4.78, 5) is 33.5. The fourth-order valence-corrected chi connectivity index (χ4v) is 4.97. The Kier molecular flexibility index (Phi) is 11.7. The molecule has 4 rings (SSSR count). The van der Waals surface area contributed by atoms with Gasteiger partial charge in [0.05, 0.1) is 12.0 Å². The molecule has 4 aromatic rings. The molecule has 12 heteroatoms. The van der Waals surface area contributed by atoms with Gasteiger partial charge in [0.15, 0.2) is 0 Å². The van der Waals surface area contributed by atoms with Gasteiger partial charge in [-0.25, -0.2) is 9.63 Å². The van der Waals surface area contributed by atoms with Gasteiger partial charge in [-0.3, -0.25) is 15.2 Å². The van der Waals surface area contributed by atoms with Gasteiger partial charge >= 0.3 is 5.97 Å². The average Bonchev–Trinajstić information content (AvgIpc) is 3.57. The molecule has 0 unspecified atom stereocenters. The summed E-state index contributed by atoms with van der Waals surface area (Å²) >= 11 is 0. The molecule has 1 amide bonds. The minimum absolute atomic E-state index is 0.0656. The second-order valence-electron chi connectivity index (χ2n) is 10.7. The van der Waals surface area contributed by atoms with E-state index in [1.165, 1.54) is 0 Å². The third kappa shape index (κ3) is 8.54. The molecule has 232 valence electrons. The molecule has 0 radical (unpaired) electrons. The molecule has 0 aliphatic rings. The van der Waals surface area contributed by atoms with Crippen molar-refractivity contribution in [2.24, 2.45) is 5.92 Å². The first-order chi connectivity index (χ1) is 21.3. The van der Waals surface area contributed by atoms with E-state index in [0.717, 1.165) is 28.7 Å². The van der Waals surface area contributed by atoms with Crippen molar-refractivity contribution in [1.29, 1.82) is 0 Å². The molecule has 1 aromatic heterocycles. The highest BCUT2D eigenvalue weighted by molar-refractivity contribution is 5.85. The summed E-state index contributed by atoms with van der Waals surface area (Å²) in [5.41, 5.74) is 4.86. The molecule has 0 spiro atoms. The highest BCUT2D eigenvalue weighted by Crippen LogP contribution is 2.30. The number of hydrogen-bond acceptors (Lipinski definition) is 10. The maximum atomic E-state index is 13.6. The summed E-state index contributed by atoms with van der Waals surface area (Å²) in [7, 11) is 0. The molecule has 12 nitrogen and oxygen atoms in total. The largest absolute Gasteiger partial charge is 0.459 e. The van der Waals surface area contributed by atoms with Crippen LogP contribution in [0.1, 0.15) is 56.7 Å². The second kappa shape index (κ2) is 15.8. The van der Waals surface area contributed by atoms with E-state index in [2.05, 4.69) is 20.6 Å². The lowest BCUT2D eigenvalue weighted by Gasteiger charge is -2.33. The molecule has 0 fully saturated rings. The maximum Gasteiger partial charge on any atom is 0.329 e. The Bertz CT molecular complexity index is 1490. The lowest BCUT2D eigenvalue weighted by molar-refractivity contribution is -0.497. The third-order valence-electron chi connectivity index (χ3n) is 7.23. The molecule has 0 saturated heterocycles. The fraction of sp³-hybridized carbons (Fsp3) is 0.344. The van der Waals surface area contributed by atoms with E-state index < -0.39 is 12.0 Å². The molecular formula is C32H38N6O6. The molecule has 0 bridgehead atoms. The monoisotopic (exact) mass is 602 g/mol. The number of esters is 1. The van der Waals surface area contributed by atoms with Gasteiger partial charge in [0.2, 0.25) is 11.7 Å². The van der Waals surface area contributed by atoms with Crippen LogP contribution in [0.25, 0.3) is 22.5 Å². The number of nitrogens with one attached hydrogen (secondary N) is 1. The number of amides is 1. The zero-order chi connectivity index (χ0) is 31.5. The van der Waals surface area contributed by atoms with Crippen LogP contribution in [0.15, 0.2) is 72.8 Å². The maximum absolute atomic E-state index is 13.6. The first kappa shape index (κ1) is 32.4. The molecular weight excluding hydrogens is 564 g/mol. The smallest absolute Gasteiger partial charge is 0.329 e. The van der Waals surface area contributed by atoms with Gasteiger partial charge < -0.3 is 9.64 Å².